The summed E-state index contributed by atoms with van der Waals surface area (Å²) >= 11 is 0. The van der Waals surface area contributed by atoms with Gasteiger partial charge in [0.2, 0.25) is 0 Å². The summed E-state index contributed by atoms with van der Waals surface area (Å²) < 4.78 is 96.1. The Hall–Kier alpha value is -1.10. The minimum absolute atomic E-state index is 0.0460. The van der Waals surface area contributed by atoms with Crippen LogP contribution in [0, 0.1) is 0 Å². The molecule has 0 spiro atoms. The summed E-state index contributed by atoms with van der Waals surface area (Å²) in [5.74, 6) is 0. The maximum atomic E-state index is 13.0. The van der Waals surface area contributed by atoms with Gasteiger partial charge in [0.1, 0.15) is 0 Å². The van der Waals surface area contributed by atoms with E-state index < -0.39 is 32.3 Å². The van der Waals surface area contributed by atoms with Gasteiger partial charge in [0.05, 0.1) is 11.1 Å². The van der Waals surface area contributed by atoms with Crippen molar-refractivity contribution in [1.29, 1.82) is 0 Å². The maximum Gasteiger partial charge on any atom is 0.500 e. The van der Waals surface area contributed by atoms with Crippen LogP contribution in [0.4, 0.5) is 26.3 Å². The summed E-state index contributed by atoms with van der Waals surface area (Å²) in [6, 6.07) is 2.43. The zero-order valence-electron chi connectivity index (χ0n) is 19.7. The molecule has 0 aliphatic carbocycles. The summed E-state index contributed by atoms with van der Waals surface area (Å²) in [6.45, 7) is 7.69. The van der Waals surface area contributed by atoms with E-state index in [1.165, 1.54) is 0 Å². The van der Waals surface area contributed by atoms with Crippen molar-refractivity contribution in [1.82, 2.24) is 0 Å². The highest BCUT2D eigenvalue weighted by molar-refractivity contribution is 6.60. The molecule has 0 aromatic heterocycles. The van der Waals surface area contributed by atoms with Crippen molar-refractivity contribution in [3.05, 3.63) is 34.9 Å². The monoisotopic (exact) mass is 502 g/mol. The van der Waals surface area contributed by atoms with E-state index in [1.54, 1.807) is 0 Å². The van der Waals surface area contributed by atoms with E-state index in [2.05, 4.69) is 0 Å². The average Bonchev–Trinajstić information content (AvgIpc) is 2.75. The lowest BCUT2D eigenvalue weighted by Crippen LogP contribution is -2.46. The summed E-state index contributed by atoms with van der Waals surface area (Å²) in [5, 5.41) is 0. The molecule has 0 fully saturated rings. The largest absolute Gasteiger partial charge is 0.500 e. The molecule has 1 aromatic rings. The summed E-state index contributed by atoms with van der Waals surface area (Å²) in [7, 11) is -2.79. The summed E-state index contributed by atoms with van der Waals surface area (Å²) in [6.07, 6.45) is -4.25. The molecule has 0 saturated carbocycles. The first-order chi connectivity index (χ1) is 15.5. The molecule has 0 aliphatic heterocycles. The number of alkyl halides is 6. The van der Waals surface area contributed by atoms with Crippen molar-refractivity contribution < 1.29 is 39.6 Å². The summed E-state index contributed by atoms with van der Waals surface area (Å²) in [4.78, 5) is 0. The highest BCUT2D eigenvalue weighted by atomic mass is 28.4. The molecule has 192 valence electrons. The van der Waals surface area contributed by atoms with Crippen LogP contribution in [0.3, 0.4) is 0 Å². The number of rotatable bonds is 16. The van der Waals surface area contributed by atoms with Gasteiger partial charge >= 0.3 is 21.2 Å². The predicted octanol–water partition coefficient (Wildman–Crippen LogP) is 8.05. The molecule has 0 bridgehead atoms. The third-order valence-corrected chi connectivity index (χ3v) is 7.82. The zero-order valence-corrected chi connectivity index (χ0v) is 20.7. The fourth-order valence-electron chi connectivity index (χ4n) is 3.30. The van der Waals surface area contributed by atoms with E-state index in [-0.39, 0.29) is 18.1 Å². The number of benzene rings is 1. The SMILES string of the molecule is CCCO[Si](CCCCCCc1cc(C(F)(F)F)cc(C(F)(F)F)c1)(OCCC)OCCC. The van der Waals surface area contributed by atoms with Gasteiger partial charge in [-0.05, 0) is 62.3 Å². The molecule has 0 radical (unpaired) electrons. The molecule has 0 heterocycles. The van der Waals surface area contributed by atoms with E-state index in [9.17, 15) is 26.3 Å². The van der Waals surface area contributed by atoms with Crippen LogP contribution in [0.2, 0.25) is 6.04 Å². The smallest absolute Gasteiger partial charge is 0.373 e. The quantitative estimate of drug-likeness (QED) is 0.130. The molecule has 3 nitrogen and oxygen atoms in total. The first-order valence-electron chi connectivity index (χ1n) is 11.7. The Bertz CT molecular complexity index is 625. The third-order valence-electron chi connectivity index (χ3n) is 4.92. The van der Waals surface area contributed by atoms with Crippen LogP contribution in [0.15, 0.2) is 18.2 Å². The van der Waals surface area contributed by atoms with Gasteiger partial charge in [-0.1, -0.05) is 33.6 Å². The first kappa shape index (κ1) is 29.9. The van der Waals surface area contributed by atoms with Crippen LogP contribution in [-0.4, -0.2) is 28.6 Å². The Morgan fingerprint density at radius 1 is 0.636 bits per heavy atom. The Balaban J connectivity index is 2.67. The van der Waals surface area contributed by atoms with Crippen molar-refractivity contribution in [3.8, 4) is 0 Å². The van der Waals surface area contributed by atoms with Crippen molar-refractivity contribution in [2.75, 3.05) is 19.8 Å². The van der Waals surface area contributed by atoms with Crippen LogP contribution < -0.4 is 0 Å². The van der Waals surface area contributed by atoms with Crippen LogP contribution in [-0.2, 0) is 32.1 Å². The van der Waals surface area contributed by atoms with Crippen LogP contribution in [0.1, 0.15) is 82.4 Å². The van der Waals surface area contributed by atoms with Crippen molar-refractivity contribution in [3.63, 3.8) is 0 Å². The van der Waals surface area contributed by atoms with Gasteiger partial charge in [0.25, 0.3) is 0 Å². The van der Waals surface area contributed by atoms with Gasteiger partial charge in [0, 0.05) is 25.9 Å². The summed E-state index contributed by atoms with van der Waals surface area (Å²) in [5.41, 5.74) is -2.49. The van der Waals surface area contributed by atoms with E-state index in [1.807, 2.05) is 20.8 Å². The lowest BCUT2D eigenvalue weighted by Gasteiger charge is -2.29. The van der Waals surface area contributed by atoms with Crippen molar-refractivity contribution in [2.45, 2.75) is 90.5 Å². The Morgan fingerprint density at radius 2 is 1.06 bits per heavy atom. The van der Waals surface area contributed by atoms with Crippen molar-refractivity contribution in [2.24, 2.45) is 0 Å². The number of hydrogen-bond acceptors (Lipinski definition) is 3. The van der Waals surface area contributed by atoms with Gasteiger partial charge < -0.3 is 13.3 Å². The lowest BCUT2D eigenvalue weighted by molar-refractivity contribution is -0.143. The van der Waals surface area contributed by atoms with Gasteiger partial charge in [-0.25, -0.2) is 0 Å². The molecule has 33 heavy (non-hydrogen) atoms. The van der Waals surface area contributed by atoms with E-state index in [4.69, 9.17) is 13.3 Å². The van der Waals surface area contributed by atoms with E-state index >= 15 is 0 Å². The first-order valence-corrected chi connectivity index (χ1v) is 13.6. The molecule has 0 atom stereocenters. The van der Waals surface area contributed by atoms with Gasteiger partial charge in [0.15, 0.2) is 0 Å². The molecule has 0 unspecified atom stereocenters. The van der Waals surface area contributed by atoms with Crippen LogP contribution in [0.25, 0.3) is 0 Å². The molecule has 0 aliphatic rings. The van der Waals surface area contributed by atoms with Crippen LogP contribution >= 0.6 is 0 Å². The van der Waals surface area contributed by atoms with Crippen LogP contribution in [0.5, 0.6) is 0 Å². The van der Waals surface area contributed by atoms with E-state index in [0.29, 0.717) is 38.7 Å². The Morgan fingerprint density at radius 3 is 1.45 bits per heavy atom. The second-order valence-corrected chi connectivity index (χ2v) is 10.8. The molecule has 10 heteroatoms. The van der Waals surface area contributed by atoms with Gasteiger partial charge in [-0.2, -0.15) is 26.3 Å². The second kappa shape index (κ2) is 14.3. The standard InChI is InChI=1S/C23H36F6O3Si/c1-4-12-30-33(31-13-5-2,32-14-6-3)15-10-8-7-9-11-19-16-20(22(24,25)26)18-21(17-19)23(27,28)29/h16-18H,4-15H2,1-3H3. The fourth-order valence-corrected chi connectivity index (χ4v) is 6.21. The molecule has 1 rings (SSSR count). The topological polar surface area (TPSA) is 27.7 Å². The van der Waals surface area contributed by atoms with Crippen molar-refractivity contribution >= 4 is 8.80 Å². The molecule has 0 amide bonds. The lowest BCUT2D eigenvalue weighted by atomic mass is 10.00. The van der Waals surface area contributed by atoms with Gasteiger partial charge in [-0.3, -0.25) is 0 Å². The normalized spacial score (nSPS) is 13.0. The number of unbranched alkanes of at least 4 members (excludes halogenated alkanes) is 3. The minimum atomic E-state index is -4.82. The third kappa shape index (κ3) is 11.2. The molecular formula is C23H36F6O3Si. The van der Waals surface area contributed by atoms with Gasteiger partial charge in [-0.15, -0.1) is 0 Å². The van der Waals surface area contributed by atoms with E-state index in [0.717, 1.165) is 44.2 Å². The Labute approximate surface area is 194 Å². The number of hydrogen-bond donors (Lipinski definition) is 0. The molecule has 1 aromatic carbocycles. The maximum absolute atomic E-state index is 13.0. The number of halogens is 6. The average molecular weight is 503 g/mol. The number of aryl methyl sites for hydroxylation is 1. The Kier molecular flexibility index (Phi) is 13.0. The second-order valence-electron chi connectivity index (χ2n) is 8.06. The molecule has 0 N–H and O–H groups in total. The highest BCUT2D eigenvalue weighted by Gasteiger charge is 2.40. The highest BCUT2D eigenvalue weighted by Crippen LogP contribution is 2.36. The molecule has 0 saturated heterocycles. The predicted molar refractivity (Wildman–Crippen MR) is 118 cm³/mol. The minimum Gasteiger partial charge on any atom is -0.373 e. The zero-order chi connectivity index (χ0) is 25.0. The molecular weight excluding hydrogens is 466 g/mol. The fraction of sp³-hybridized carbons (Fsp3) is 0.739.